The summed E-state index contributed by atoms with van der Waals surface area (Å²) in [5.41, 5.74) is 0.861. The van der Waals surface area contributed by atoms with Crippen molar-refractivity contribution in [1.82, 2.24) is 4.90 Å². The van der Waals surface area contributed by atoms with E-state index in [-0.39, 0.29) is 5.54 Å². The summed E-state index contributed by atoms with van der Waals surface area (Å²) in [6.07, 6.45) is -0.507. The Morgan fingerprint density at radius 2 is 2.26 bits per heavy atom. The monoisotopic (exact) mass is 265 g/mol. The van der Waals surface area contributed by atoms with E-state index in [1.165, 1.54) is 0 Å². The highest BCUT2D eigenvalue weighted by molar-refractivity contribution is 5.30. The van der Waals surface area contributed by atoms with Crippen LogP contribution < -0.4 is 4.74 Å². The summed E-state index contributed by atoms with van der Waals surface area (Å²) in [5.74, 6) is 0.776. The predicted molar refractivity (Wildman–Crippen MR) is 74.4 cm³/mol. The molecule has 1 saturated heterocycles. The van der Waals surface area contributed by atoms with Crippen LogP contribution in [-0.2, 0) is 4.74 Å². The van der Waals surface area contributed by atoms with Crippen molar-refractivity contribution in [3.05, 3.63) is 29.8 Å². The predicted octanol–water partition coefficient (Wildman–Crippen LogP) is 1.84. The molecular weight excluding hydrogens is 242 g/mol. The van der Waals surface area contributed by atoms with Gasteiger partial charge in [-0.05, 0) is 31.5 Å². The Morgan fingerprint density at radius 1 is 1.47 bits per heavy atom. The molecule has 1 N–H and O–H groups in total. The number of methoxy groups -OCH3 is 1. The highest BCUT2D eigenvalue weighted by Crippen LogP contribution is 2.25. The van der Waals surface area contributed by atoms with Crippen molar-refractivity contribution in [3.8, 4) is 5.75 Å². The van der Waals surface area contributed by atoms with Gasteiger partial charge in [0.1, 0.15) is 5.75 Å². The lowest BCUT2D eigenvalue weighted by Gasteiger charge is -2.43. The fraction of sp³-hybridized carbons (Fsp3) is 0.600. The van der Waals surface area contributed by atoms with Gasteiger partial charge in [0.2, 0.25) is 0 Å². The summed E-state index contributed by atoms with van der Waals surface area (Å²) < 4.78 is 10.7. The van der Waals surface area contributed by atoms with Crippen LogP contribution in [0.2, 0.25) is 0 Å². The molecule has 1 fully saturated rings. The van der Waals surface area contributed by atoms with Gasteiger partial charge in [-0.15, -0.1) is 0 Å². The Balaban J connectivity index is 2.05. The second-order valence-corrected chi connectivity index (χ2v) is 5.60. The van der Waals surface area contributed by atoms with Gasteiger partial charge in [0.15, 0.2) is 0 Å². The van der Waals surface area contributed by atoms with Gasteiger partial charge in [0, 0.05) is 18.6 Å². The summed E-state index contributed by atoms with van der Waals surface area (Å²) in [6.45, 7) is 7.19. The molecule has 2 rings (SSSR count). The molecule has 0 radical (unpaired) electrons. The number of β-amino-alcohol motifs (C(OH)–C–C–N with tert-alkyl or cyclic N) is 1. The highest BCUT2D eigenvalue weighted by atomic mass is 16.5. The third-order valence-corrected chi connectivity index (χ3v) is 3.69. The Hall–Kier alpha value is -1.10. The quantitative estimate of drug-likeness (QED) is 0.902. The molecule has 1 aromatic rings. The van der Waals surface area contributed by atoms with E-state index in [4.69, 9.17) is 9.47 Å². The second kappa shape index (κ2) is 5.90. The van der Waals surface area contributed by atoms with Crippen LogP contribution in [0.4, 0.5) is 0 Å². The number of benzene rings is 1. The number of aliphatic hydroxyl groups is 1. The second-order valence-electron chi connectivity index (χ2n) is 5.60. The number of hydrogen-bond donors (Lipinski definition) is 1. The van der Waals surface area contributed by atoms with E-state index in [0.29, 0.717) is 13.2 Å². The highest BCUT2D eigenvalue weighted by Gasteiger charge is 2.31. The number of nitrogens with zero attached hydrogens (tertiary/aromatic N) is 1. The number of rotatable bonds is 4. The molecule has 19 heavy (non-hydrogen) atoms. The molecule has 0 amide bonds. The number of morpholine rings is 1. The van der Waals surface area contributed by atoms with Gasteiger partial charge >= 0.3 is 0 Å². The summed E-state index contributed by atoms with van der Waals surface area (Å²) in [4.78, 5) is 2.28. The van der Waals surface area contributed by atoms with E-state index in [2.05, 4.69) is 18.7 Å². The molecule has 1 aromatic carbocycles. The largest absolute Gasteiger partial charge is 0.497 e. The van der Waals surface area contributed by atoms with E-state index in [1.807, 2.05) is 24.3 Å². The topological polar surface area (TPSA) is 41.9 Å². The molecule has 1 unspecified atom stereocenters. The van der Waals surface area contributed by atoms with Crippen molar-refractivity contribution in [1.29, 1.82) is 0 Å². The van der Waals surface area contributed by atoms with Crippen molar-refractivity contribution in [3.63, 3.8) is 0 Å². The minimum absolute atomic E-state index is 0.0297. The lowest BCUT2D eigenvalue weighted by atomic mass is 10.0. The van der Waals surface area contributed by atoms with Gasteiger partial charge in [0.25, 0.3) is 0 Å². The average molecular weight is 265 g/mol. The molecule has 1 heterocycles. The normalized spacial score (nSPS) is 21.1. The molecule has 4 nitrogen and oxygen atoms in total. The molecule has 0 saturated carbocycles. The molecule has 4 heteroatoms. The Bertz CT molecular complexity index is 420. The minimum atomic E-state index is -0.507. The van der Waals surface area contributed by atoms with Gasteiger partial charge in [0.05, 0.1) is 26.4 Å². The van der Waals surface area contributed by atoms with Crippen LogP contribution in [-0.4, -0.2) is 49.0 Å². The van der Waals surface area contributed by atoms with Crippen LogP contribution in [0.25, 0.3) is 0 Å². The van der Waals surface area contributed by atoms with Crippen molar-refractivity contribution in [2.75, 3.05) is 33.4 Å². The first-order valence-corrected chi connectivity index (χ1v) is 6.68. The third-order valence-electron chi connectivity index (χ3n) is 3.69. The van der Waals surface area contributed by atoms with Crippen LogP contribution in [0.5, 0.6) is 5.75 Å². The average Bonchev–Trinajstić information content (AvgIpc) is 2.41. The maximum atomic E-state index is 10.4. The third kappa shape index (κ3) is 3.47. The number of ether oxygens (including phenoxy) is 2. The van der Waals surface area contributed by atoms with Crippen LogP contribution >= 0.6 is 0 Å². The van der Waals surface area contributed by atoms with Crippen molar-refractivity contribution >= 4 is 0 Å². The standard InChI is InChI=1S/C15H23NO3/c1-15(2)11-19-8-7-16(15)10-14(17)12-5-4-6-13(9-12)18-3/h4-6,9,14,17H,7-8,10-11H2,1-3H3. The van der Waals surface area contributed by atoms with Gasteiger partial charge in [-0.2, -0.15) is 0 Å². The number of aliphatic hydroxyl groups excluding tert-OH is 1. The van der Waals surface area contributed by atoms with Crippen LogP contribution in [0.1, 0.15) is 25.5 Å². The van der Waals surface area contributed by atoms with E-state index < -0.39 is 6.10 Å². The Morgan fingerprint density at radius 3 is 2.95 bits per heavy atom. The Kier molecular flexibility index (Phi) is 4.45. The van der Waals surface area contributed by atoms with Crippen molar-refractivity contribution in [2.24, 2.45) is 0 Å². The van der Waals surface area contributed by atoms with Gasteiger partial charge in [-0.1, -0.05) is 12.1 Å². The zero-order chi connectivity index (χ0) is 13.9. The fourth-order valence-electron chi connectivity index (χ4n) is 2.39. The molecule has 1 aliphatic heterocycles. The zero-order valence-electron chi connectivity index (χ0n) is 11.9. The van der Waals surface area contributed by atoms with Crippen molar-refractivity contribution < 1.29 is 14.6 Å². The maximum Gasteiger partial charge on any atom is 0.119 e. The lowest BCUT2D eigenvalue weighted by molar-refractivity contribution is -0.0667. The molecule has 0 bridgehead atoms. The van der Waals surface area contributed by atoms with E-state index in [9.17, 15) is 5.11 Å². The first-order valence-electron chi connectivity index (χ1n) is 6.68. The first kappa shape index (κ1) is 14.3. The molecule has 1 aliphatic rings. The zero-order valence-corrected chi connectivity index (χ0v) is 11.9. The minimum Gasteiger partial charge on any atom is -0.497 e. The maximum absolute atomic E-state index is 10.4. The number of hydrogen-bond acceptors (Lipinski definition) is 4. The summed E-state index contributed by atoms with van der Waals surface area (Å²) in [7, 11) is 1.64. The van der Waals surface area contributed by atoms with Crippen LogP contribution in [0, 0.1) is 0 Å². The summed E-state index contributed by atoms with van der Waals surface area (Å²) in [6, 6.07) is 7.61. The van der Waals surface area contributed by atoms with Gasteiger partial charge < -0.3 is 14.6 Å². The molecule has 1 atom stereocenters. The Labute approximate surface area is 114 Å². The van der Waals surface area contributed by atoms with Crippen LogP contribution in [0.15, 0.2) is 24.3 Å². The van der Waals surface area contributed by atoms with Gasteiger partial charge in [-0.3, -0.25) is 4.90 Å². The molecule has 0 aromatic heterocycles. The van der Waals surface area contributed by atoms with E-state index in [1.54, 1.807) is 7.11 Å². The SMILES string of the molecule is COc1cccc(C(O)CN2CCOCC2(C)C)c1. The van der Waals surface area contributed by atoms with Gasteiger partial charge in [-0.25, -0.2) is 0 Å². The van der Waals surface area contributed by atoms with E-state index in [0.717, 1.165) is 24.5 Å². The molecule has 0 spiro atoms. The lowest BCUT2D eigenvalue weighted by Crippen LogP contribution is -2.54. The molecule has 0 aliphatic carbocycles. The smallest absolute Gasteiger partial charge is 0.119 e. The summed E-state index contributed by atoms with van der Waals surface area (Å²) >= 11 is 0. The first-order chi connectivity index (χ1) is 9.03. The summed E-state index contributed by atoms with van der Waals surface area (Å²) in [5, 5.41) is 10.4. The fourth-order valence-corrected chi connectivity index (χ4v) is 2.39. The molecular formula is C15H23NO3. The van der Waals surface area contributed by atoms with Crippen molar-refractivity contribution in [2.45, 2.75) is 25.5 Å². The van der Waals surface area contributed by atoms with E-state index >= 15 is 0 Å². The molecule has 106 valence electrons. The van der Waals surface area contributed by atoms with Crippen LogP contribution in [0.3, 0.4) is 0 Å².